The number of piperazine rings is 1. The maximum Gasteiger partial charge on any atom is 0.452 e. The minimum atomic E-state index is -4.93. The van der Waals surface area contributed by atoms with Crippen molar-refractivity contribution in [3.05, 3.63) is 60.1 Å². The average Bonchev–Trinajstić information content (AvgIpc) is 3.62. The number of carbonyl (C=O) groups is 3. The molecule has 40 heavy (non-hydrogen) atoms. The van der Waals surface area contributed by atoms with Crippen LogP contribution < -0.4 is 10.2 Å². The van der Waals surface area contributed by atoms with Crippen LogP contribution in [0, 0.1) is 11.8 Å². The lowest BCUT2D eigenvalue weighted by molar-refractivity contribution is -0.153. The lowest BCUT2D eigenvalue weighted by Gasteiger charge is -2.37. The molecular formula is C27H26F3N5O5. The molecule has 2 N–H and O–H groups in total. The fraction of sp³-hybridized carbons (Fsp3) is 0.370. The topological polar surface area (TPSA) is 129 Å². The molecule has 5 rings (SSSR count). The zero-order valence-corrected chi connectivity index (χ0v) is 21.2. The number of carbonyl (C=O) groups excluding carboxylic acids is 2. The molecule has 1 saturated carbocycles. The number of carboxylic acids is 1. The Bertz CT molecular complexity index is 1390. The van der Waals surface area contributed by atoms with Gasteiger partial charge < -0.3 is 24.6 Å². The van der Waals surface area contributed by atoms with Crippen LogP contribution in [-0.2, 0) is 15.8 Å². The van der Waals surface area contributed by atoms with Gasteiger partial charge in [0.1, 0.15) is 5.82 Å². The summed E-state index contributed by atoms with van der Waals surface area (Å²) in [4.78, 5) is 48.8. The number of halogens is 3. The van der Waals surface area contributed by atoms with E-state index in [0.717, 1.165) is 6.42 Å². The highest BCUT2D eigenvalue weighted by atomic mass is 19.4. The van der Waals surface area contributed by atoms with Gasteiger partial charge in [0, 0.05) is 31.7 Å². The van der Waals surface area contributed by atoms with E-state index >= 15 is 0 Å². The number of benzene rings is 1. The van der Waals surface area contributed by atoms with Crippen LogP contribution in [0.3, 0.4) is 0 Å². The van der Waals surface area contributed by atoms with E-state index in [0.29, 0.717) is 50.4 Å². The van der Waals surface area contributed by atoms with Crippen molar-refractivity contribution >= 4 is 29.3 Å². The molecule has 1 saturated heterocycles. The second-order valence-electron chi connectivity index (χ2n) is 9.71. The van der Waals surface area contributed by atoms with Crippen molar-refractivity contribution < 1.29 is 37.1 Å². The molecule has 1 aliphatic heterocycles. The van der Waals surface area contributed by atoms with Gasteiger partial charge in [-0.2, -0.15) is 13.2 Å². The standard InChI is InChI=1S/C27H26F3N5O5/c28-27(29,30)22-21(33-24(40-22)16-5-2-1-3-6-16)23(36)32-17-9-10-20(31-15-17)34-11-13-35(14-12-34)25(37)18-7-4-8-19(18)26(38)39/h1-3,5-6,9-10,15,18-19H,4,7-8,11-14H2,(H,32,36)(H,38,39)/t18-,19-/m1/s1. The van der Waals surface area contributed by atoms with Gasteiger partial charge in [0.25, 0.3) is 5.91 Å². The van der Waals surface area contributed by atoms with Crippen LogP contribution in [0.2, 0.25) is 0 Å². The minimum absolute atomic E-state index is 0.128. The highest BCUT2D eigenvalue weighted by molar-refractivity contribution is 6.04. The molecule has 1 aromatic carbocycles. The van der Waals surface area contributed by atoms with Gasteiger partial charge in [-0.15, -0.1) is 0 Å². The fourth-order valence-corrected chi connectivity index (χ4v) is 5.15. The number of anilines is 2. The monoisotopic (exact) mass is 557 g/mol. The summed E-state index contributed by atoms with van der Waals surface area (Å²) in [6, 6.07) is 11.1. The number of aliphatic carboxylic acids is 1. The van der Waals surface area contributed by atoms with Gasteiger partial charge in [0.15, 0.2) is 5.69 Å². The molecule has 1 aliphatic carbocycles. The SMILES string of the molecule is O=C(Nc1ccc(N2CCN(C(=O)[C@@H]3CCC[C@H]3C(=O)O)CC2)nc1)c1nc(-c2ccccc2)oc1C(F)(F)F. The zero-order valence-electron chi connectivity index (χ0n) is 21.2. The first-order chi connectivity index (χ1) is 19.1. The summed E-state index contributed by atoms with van der Waals surface area (Å²) in [6.07, 6.45) is -1.78. The number of amides is 2. The second kappa shape index (κ2) is 11.0. The summed E-state index contributed by atoms with van der Waals surface area (Å²) in [5.41, 5.74) is -0.422. The van der Waals surface area contributed by atoms with Gasteiger partial charge in [-0.3, -0.25) is 14.4 Å². The van der Waals surface area contributed by atoms with Gasteiger partial charge in [-0.05, 0) is 37.1 Å². The molecule has 210 valence electrons. The van der Waals surface area contributed by atoms with Crippen molar-refractivity contribution in [2.45, 2.75) is 25.4 Å². The summed E-state index contributed by atoms with van der Waals surface area (Å²) in [5, 5.41) is 11.8. The van der Waals surface area contributed by atoms with E-state index in [1.165, 1.54) is 24.4 Å². The molecule has 3 heterocycles. The molecule has 3 aromatic rings. The molecule has 2 aromatic heterocycles. The van der Waals surface area contributed by atoms with Crippen molar-refractivity contribution in [3.8, 4) is 11.5 Å². The summed E-state index contributed by atoms with van der Waals surface area (Å²) < 4.78 is 45.6. The molecule has 0 spiro atoms. The normalized spacial score (nSPS) is 19.5. The van der Waals surface area contributed by atoms with E-state index in [-0.39, 0.29) is 17.5 Å². The molecule has 2 atom stereocenters. The maximum absolute atomic E-state index is 13.6. The van der Waals surface area contributed by atoms with E-state index < -0.39 is 41.3 Å². The van der Waals surface area contributed by atoms with Crippen LogP contribution in [0.1, 0.15) is 35.5 Å². The van der Waals surface area contributed by atoms with E-state index in [1.807, 2.05) is 4.90 Å². The third-order valence-electron chi connectivity index (χ3n) is 7.19. The number of nitrogens with one attached hydrogen (secondary N) is 1. The molecule has 2 amide bonds. The van der Waals surface area contributed by atoms with Crippen LogP contribution in [0.15, 0.2) is 53.1 Å². The van der Waals surface area contributed by atoms with Crippen LogP contribution in [0.4, 0.5) is 24.7 Å². The van der Waals surface area contributed by atoms with Crippen molar-refractivity contribution in [1.29, 1.82) is 0 Å². The Kier molecular flexibility index (Phi) is 7.46. The van der Waals surface area contributed by atoms with Gasteiger partial charge in [0.05, 0.1) is 23.7 Å². The number of nitrogens with zero attached hydrogens (tertiary/aromatic N) is 4. The van der Waals surface area contributed by atoms with Crippen molar-refractivity contribution in [2.75, 3.05) is 36.4 Å². The Morgan fingerprint density at radius 3 is 2.30 bits per heavy atom. The van der Waals surface area contributed by atoms with E-state index in [4.69, 9.17) is 4.42 Å². The second-order valence-corrected chi connectivity index (χ2v) is 9.71. The van der Waals surface area contributed by atoms with Crippen molar-refractivity contribution in [3.63, 3.8) is 0 Å². The number of oxazole rings is 1. The summed E-state index contributed by atoms with van der Waals surface area (Å²) in [7, 11) is 0. The van der Waals surface area contributed by atoms with E-state index in [9.17, 15) is 32.7 Å². The number of carboxylic acid groups (broad SMARTS) is 1. The fourth-order valence-electron chi connectivity index (χ4n) is 5.15. The number of alkyl halides is 3. The maximum atomic E-state index is 13.6. The molecule has 2 fully saturated rings. The quantitative estimate of drug-likeness (QED) is 0.463. The predicted molar refractivity (Wildman–Crippen MR) is 136 cm³/mol. The molecule has 0 radical (unpaired) electrons. The molecule has 2 aliphatic rings. The van der Waals surface area contributed by atoms with Crippen LogP contribution >= 0.6 is 0 Å². The Morgan fingerprint density at radius 1 is 0.975 bits per heavy atom. The first-order valence-corrected chi connectivity index (χ1v) is 12.8. The Hall–Kier alpha value is -4.42. The first-order valence-electron chi connectivity index (χ1n) is 12.8. The van der Waals surface area contributed by atoms with Crippen molar-refractivity contribution in [2.24, 2.45) is 11.8 Å². The predicted octanol–water partition coefficient (Wildman–Crippen LogP) is 4.16. The van der Waals surface area contributed by atoms with E-state index in [2.05, 4.69) is 15.3 Å². The van der Waals surface area contributed by atoms with E-state index in [1.54, 1.807) is 29.2 Å². The van der Waals surface area contributed by atoms with Crippen molar-refractivity contribution in [1.82, 2.24) is 14.9 Å². The Balaban J connectivity index is 1.22. The smallest absolute Gasteiger partial charge is 0.452 e. The Morgan fingerprint density at radius 2 is 1.68 bits per heavy atom. The van der Waals surface area contributed by atoms with Gasteiger partial charge in [-0.25, -0.2) is 9.97 Å². The van der Waals surface area contributed by atoms with Crippen LogP contribution in [0.25, 0.3) is 11.5 Å². The Labute approximate surface area is 226 Å². The number of aromatic nitrogens is 2. The van der Waals surface area contributed by atoms with Crippen LogP contribution in [-0.4, -0.2) is 63.9 Å². The highest BCUT2D eigenvalue weighted by Gasteiger charge is 2.42. The molecular weight excluding hydrogens is 531 g/mol. The third-order valence-corrected chi connectivity index (χ3v) is 7.19. The number of hydrogen-bond donors (Lipinski definition) is 2. The lowest BCUT2D eigenvalue weighted by atomic mass is 9.94. The molecule has 13 heteroatoms. The molecule has 0 bridgehead atoms. The molecule has 10 nitrogen and oxygen atoms in total. The lowest BCUT2D eigenvalue weighted by Crippen LogP contribution is -2.51. The third kappa shape index (κ3) is 5.63. The zero-order chi connectivity index (χ0) is 28.4. The van der Waals surface area contributed by atoms with Gasteiger partial charge in [-0.1, -0.05) is 24.6 Å². The average molecular weight is 558 g/mol. The first kappa shape index (κ1) is 27.2. The summed E-state index contributed by atoms with van der Waals surface area (Å²) >= 11 is 0. The van der Waals surface area contributed by atoms with Gasteiger partial charge >= 0.3 is 12.1 Å². The highest BCUT2D eigenvalue weighted by Crippen LogP contribution is 2.36. The van der Waals surface area contributed by atoms with Gasteiger partial charge in [0.2, 0.25) is 17.6 Å². The number of pyridine rings is 1. The minimum Gasteiger partial charge on any atom is -0.481 e. The number of hydrogen-bond acceptors (Lipinski definition) is 7. The largest absolute Gasteiger partial charge is 0.481 e. The molecule has 0 unspecified atom stereocenters. The number of rotatable bonds is 6. The summed E-state index contributed by atoms with van der Waals surface area (Å²) in [5.74, 6) is -4.52. The van der Waals surface area contributed by atoms with Crippen LogP contribution in [0.5, 0.6) is 0 Å². The summed E-state index contributed by atoms with van der Waals surface area (Å²) in [6.45, 7) is 1.78.